The van der Waals surface area contributed by atoms with Crippen molar-refractivity contribution >= 4 is 12.0 Å². The van der Waals surface area contributed by atoms with Crippen molar-refractivity contribution < 1.29 is 14.7 Å². The lowest BCUT2D eigenvalue weighted by molar-refractivity contribution is -0.137. The predicted molar refractivity (Wildman–Crippen MR) is 81.1 cm³/mol. The van der Waals surface area contributed by atoms with Gasteiger partial charge in [-0.1, -0.05) is 19.3 Å². The summed E-state index contributed by atoms with van der Waals surface area (Å²) < 4.78 is 0. The lowest BCUT2D eigenvalue weighted by Crippen LogP contribution is -2.50. The van der Waals surface area contributed by atoms with Crippen LogP contribution in [-0.2, 0) is 4.79 Å². The molecular formula is C16H28N2O3. The lowest BCUT2D eigenvalue weighted by atomic mass is 9.75. The van der Waals surface area contributed by atoms with Crippen molar-refractivity contribution in [2.45, 2.75) is 64.3 Å². The topological polar surface area (TPSA) is 69.6 Å². The fraction of sp³-hybridized carbons (Fsp3) is 0.875. The number of carbonyl (C=O) groups excluding carboxylic acids is 1. The number of rotatable bonds is 5. The Balaban J connectivity index is 1.71. The highest BCUT2D eigenvalue weighted by Gasteiger charge is 2.33. The molecule has 2 rings (SSSR count). The molecule has 1 saturated carbocycles. The minimum Gasteiger partial charge on any atom is -0.481 e. The van der Waals surface area contributed by atoms with Crippen LogP contribution in [0, 0.1) is 11.8 Å². The molecule has 1 saturated heterocycles. The molecule has 0 spiro atoms. The number of piperidine rings is 1. The quantitative estimate of drug-likeness (QED) is 0.819. The molecule has 0 aromatic carbocycles. The van der Waals surface area contributed by atoms with Crippen LogP contribution in [0.1, 0.15) is 58.3 Å². The Bertz CT molecular complexity index is 373. The standard InChI is InChI=1S/C16H28N2O3/c1-12(5-4-8-15(19)20)17-16(21)18-10-9-13-6-2-3-7-14(13)11-18/h12-14H,2-11H2,1H3,(H,17,21)(H,19,20). The van der Waals surface area contributed by atoms with E-state index in [9.17, 15) is 9.59 Å². The molecule has 0 aromatic heterocycles. The van der Waals surface area contributed by atoms with E-state index in [4.69, 9.17) is 5.11 Å². The molecule has 2 aliphatic rings. The first-order valence-electron chi connectivity index (χ1n) is 8.33. The molecule has 5 heteroatoms. The number of hydrogen-bond donors (Lipinski definition) is 2. The molecule has 2 fully saturated rings. The Morgan fingerprint density at radius 3 is 2.67 bits per heavy atom. The van der Waals surface area contributed by atoms with Crippen molar-refractivity contribution in [1.82, 2.24) is 10.2 Å². The maximum atomic E-state index is 12.3. The van der Waals surface area contributed by atoms with Gasteiger partial charge in [0.25, 0.3) is 0 Å². The summed E-state index contributed by atoms with van der Waals surface area (Å²) in [6.07, 6.45) is 7.92. The highest BCUT2D eigenvalue weighted by molar-refractivity contribution is 5.74. The van der Waals surface area contributed by atoms with Crippen LogP contribution in [-0.4, -0.2) is 41.1 Å². The molecule has 1 aliphatic carbocycles. The molecule has 1 aliphatic heterocycles. The number of urea groups is 1. The Morgan fingerprint density at radius 1 is 1.24 bits per heavy atom. The smallest absolute Gasteiger partial charge is 0.317 e. The first kappa shape index (κ1) is 16.1. The number of hydrogen-bond acceptors (Lipinski definition) is 2. The van der Waals surface area contributed by atoms with E-state index in [0.717, 1.165) is 31.8 Å². The summed E-state index contributed by atoms with van der Waals surface area (Å²) in [6.45, 7) is 3.72. The number of nitrogens with one attached hydrogen (secondary N) is 1. The van der Waals surface area contributed by atoms with E-state index >= 15 is 0 Å². The summed E-state index contributed by atoms with van der Waals surface area (Å²) in [4.78, 5) is 24.7. The van der Waals surface area contributed by atoms with Crippen LogP contribution in [0.25, 0.3) is 0 Å². The fourth-order valence-electron chi connectivity index (χ4n) is 3.72. The molecular weight excluding hydrogens is 268 g/mol. The van der Waals surface area contributed by atoms with E-state index in [1.165, 1.54) is 25.7 Å². The highest BCUT2D eigenvalue weighted by atomic mass is 16.4. The molecule has 2 N–H and O–H groups in total. The zero-order valence-corrected chi connectivity index (χ0v) is 13.0. The predicted octanol–water partition coefficient (Wildman–Crippen LogP) is 2.85. The number of aliphatic carboxylic acids is 1. The average molecular weight is 296 g/mol. The maximum Gasteiger partial charge on any atom is 0.317 e. The summed E-state index contributed by atoms with van der Waals surface area (Å²) in [5.74, 6) is 0.754. The molecule has 5 nitrogen and oxygen atoms in total. The summed E-state index contributed by atoms with van der Waals surface area (Å²) in [5, 5.41) is 11.6. The van der Waals surface area contributed by atoms with Crippen molar-refractivity contribution in [3.05, 3.63) is 0 Å². The van der Waals surface area contributed by atoms with Crippen LogP contribution in [0.2, 0.25) is 0 Å². The van der Waals surface area contributed by atoms with Crippen molar-refractivity contribution in [2.24, 2.45) is 11.8 Å². The van der Waals surface area contributed by atoms with Gasteiger partial charge in [-0.2, -0.15) is 0 Å². The number of amides is 2. The number of fused-ring (bicyclic) bond motifs is 1. The van der Waals surface area contributed by atoms with Crippen molar-refractivity contribution in [3.63, 3.8) is 0 Å². The van der Waals surface area contributed by atoms with Crippen LogP contribution >= 0.6 is 0 Å². The van der Waals surface area contributed by atoms with E-state index in [0.29, 0.717) is 12.3 Å². The molecule has 3 unspecified atom stereocenters. The van der Waals surface area contributed by atoms with Crippen LogP contribution in [0.15, 0.2) is 0 Å². The molecule has 0 bridgehead atoms. The number of carbonyl (C=O) groups is 2. The summed E-state index contributed by atoms with van der Waals surface area (Å²) in [7, 11) is 0. The third kappa shape index (κ3) is 4.90. The minimum atomic E-state index is -0.770. The molecule has 1 heterocycles. The van der Waals surface area contributed by atoms with Gasteiger partial charge in [0.2, 0.25) is 0 Å². The highest BCUT2D eigenvalue weighted by Crippen LogP contribution is 2.35. The van der Waals surface area contributed by atoms with Crippen molar-refractivity contribution in [2.75, 3.05) is 13.1 Å². The van der Waals surface area contributed by atoms with Gasteiger partial charge in [0.15, 0.2) is 0 Å². The van der Waals surface area contributed by atoms with E-state index < -0.39 is 5.97 Å². The van der Waals surface area contributed by atoms with Crippen LogP contribution in [0.3, 0.4) is 0 Å². The lowest BCUT2D eigenvalue weighted by Gasteiger charge is -2.41. The van der Waals surface area contributed by atoms with Crippen LogP contribution < -0.4 is 5.32 Å². The van der Waals surface area contributed by atoms with Crippen molar-refractivity contribution in [1.29, 1.82) is 0 Å². The Hall–Kier alpha value is -1.26. The number of carboxylic acids is 1. The molecule has 2 amide bonds. The summed E-state index contributed by atoms with van der Waals surface area (Å²) in [5.41, 5.74) is 0. The van der Waals surface area contributed by atoms with Gasteiger partial charge in [-0.15, -0.1) is 0 Å². The second-order valence-electron chi connectivity index (χ2n) is 6.68. The van der Waals surface area contributed by atoms with Gasteiger partial charge in [-0.25, -0.2) is 4.79 Å². The Morgan fingerprint density at radius 2 is 1.95 bits per heavy atom. The first-order valence-corrected chi connectivity index (χ1v) is 8.33. The minimum absolute atomic E-state index is 0.0295. The SMILES string of the molecule is CC(CCCC(=O)O)NC(=O)N1CCC2CCCCC2C1. The van der Waals surface area contributed by atoms with Gasteiger partial charge in [-0.3, -0.25) is 4.79 Å². The van der Waals surface area contributed by atoms with Gasteiger partial charge in [0.1, 0.15) is 0 Å². The third-order valence-electron chi connectivity index (χ3n) is 4.98. The first-order chi connectivity index (χ1) is 10.1. The molecule has 3 atom stereocenters. The third-order valence-corrected chi connectivity index (χ3v) is 4.98. The average Bonchev–Trinajstić information content (AvgIpc) is 2.46. The second kappa shape index (κ2) is 7.66. The maximum absolute atomic E-state index is 12.3. The molecule has 0 radical (unpaired) electrons. The van der Waals surface area contributed by atoms with Crippen LogP contribution in [0.5, 0.6) is 0 Å². The van der Waals surface area contributed by atoms with Crippen LogP contribution in [0.4, 0.5) is 4.79 Å². The van der Waals surface area contributed by atoms with E-state index in [-0.39, 0.29) is 18.5 Å². The van der Waals surface area contributed by atoms with Crippen molar-refractivity contribution in [3.8, 4) is 0 Å². The number of carboxylic acid groups (broad SMARTS) is 1. The molecule has 0 aromatic rings. The molecule has 21 heavy (non-hydrogen) atoms. The second-order valence-corrected chi connectivity index (χ2v) is 6.68. The van der Waals surface area contributed by atoms with E-state index in [2.05, 4.69) is 5.32 Å². The Kier molecular flexibility index (Phi) is 5.88. The fourth-order valence-corrected chi connectivity index (χ4v) is 3.72. The summed E-state index contributed by atoms with van der Waals surface area (Å²) in [6, 6.07) is 0.0720. The van der Waals surface area contributed by atoms with E-state index in [1.54, 1.807) is 0 Å². The Labute approximate surface area is 127 Å². The van der Waals surface area contributed by atoms with E-state index in [1.807, 2.05) is 11.8 Å². The van der Waals surface area contributed by atoms with Gasteiger partial charge >= 0.3 is 12.0 Å². The normalized spacial score (nSPS) is 26.8. The number of nitrogens with zero attached hydrogens (tertiary/aromatic N) is 1. The largest absolute Gasteiger partial charge is 0.481 e. The van der Waals surface area contributed by atoms with Gasteiger partial charge in [0.05, 0.1) is 0 Å². The van der Waals surface area contributed by atoms with Gasteiger partial charge in [0, 0.05) is 25.6 Å². The van der Waals surface area contributed by atoms with Gasteiger partial charge in [-0.05, 0) is 44.4 Å². The zero-order chi connectivity index (χ0) is 15.2. The number of likely N-dealkylation sites (tertiary alicyclic amines) is 1. The monoisotopic (exact) mass is 296 g/mol. The summed E-state index contributed by atoms with van der Waals surface area (Å²) >= 11 is 0. The van der Waals surface area contributed by atoms with Gasteiger partial charge < -0.3 is 15.3 Å². The molecule has 120 valence electrons. The zero-order valence-electron chi connectivity index (χ0n) is 13.0.